The predicted molar refractivity (Wildman–Crippen MR) is 84.6 cm³/mol. The number of furan rings is 1. The lowest BCUT2D eigenvalue weighted by molar-refractivity contribution is 0.489. The summed E-state index contributed by atoms with van der Waals surface area (Å²) < 4.78 is 5.74. The van der Waals surface area contributed by atoms with Gasteiger partial charge in [0.1, 0.15) is 11.5 Å². The molecule has 1 N–H and O–H groups in total. The number of halogens is 1. The minimum Gasteiger partial charge on any atom is -0.466 e. The van der Waals surface area contributed by atoms with Crippen LogP contribution in [0.15, 0.2) is 22.6 Å². The van der Waals surface area contributed by atoms with Crippen LogP contribution in [0.4, 0.5) is 0 Å². The number of nitrogens with one attached hydrogen (secondary N) is 1. The molecular formula is C17H22ClNO. The van der Waals surface area contributed by atoms with Crippen LogP contribution in [0, 0.1) is 27.7 Å². The fourth-order valence-electron chi connectivity index (χ4n) is 2.71. The van der Waals surface area contributed by atoms with Gasteiger partial charge in [-0.05, 0) is 63.9 Å². The maximum atomic E-state index is 6.35. The van der Waals surface area contributed by atoms with E-state index >= 15 is 0 Å². The van der Waals surface area contributed by atoms with Crippen molar-refractivity contribution >= 4 is 11.6 Å². The molecule has 0 aliphatic carbocycles. The van der Waals surface area contributed by atoms with Crippen LogP contribution in [0.2, 0.25) is 5.02 Å². The van der Waals surface area contributed by atoms with Crippen LogP contribution in [0.1, 0.15) is 39.8 Å². The third-order valence-electron chi connectivity index (χ3n) is 3.95. The number of likely N-dealkylation sites (N-methyl/N-ethyl adjacent to an activating group) is 1. The molecule has 1 aromatic heterocycles. The standard InChI is InChI=1S/C17H22ClNO/c1-10-6-7-14(15(18)8-10)9-16(19-5)17-11(2)12(3)20-13(17)4/h6-8,16,19H,9H2,1-5H3. The lowest BCUT2D eigenvalue weighted by Gasteiger charge is -2.18. The number of benzene rings is 1. The number of hydrogen-bond donors (Lipinski definition) is 1. The average molecular weight is 292 g/mol. The topological polar surface area (TPSA) is 25.2 Å². The van der Waals surface area contributed by atoms with Gasteiger partial charge in [0.25, 0.3) is 0 Å². The fraction of sp³-hybridized carbons (Fsp3) is 0.412. The summed E-state index contributed by atoms with van der Waals surface area (Å²) in [5.41, 5.74) is 4.83. The van der Waals surface area contributed by atoms with Crippen molar-refractivity contribution in [2.24, 2.45) is 0 Å². The molecule has 0 amide bonds. The molecule has 2 aromatic rings. The van der Waals surface area contributed by atoms with Gasteiger partial charge in [0.05, 0.1) is 0 Å². The van der Waals surface area contributed by atoms with Crippen LogP contribution < -0.4 is 5.32 Å². The molecule has 2 nitrogen and oxygen atoms in total. The summed E-state index contributed by atoms with van der Waals surface area (Å²) in [5.74, 6) is 1.98. The Kier molecular flexibility index (Phi) is 4.56. The van der Waals surface area contributed by atoms with E-state index in [2.05, 4.69) is 31.3 Å². The van der Waals surface area contributed by atoms with Gasteiger partial charge in [-0.2, -0.15) is 0 Å². The highest BCUT2D eigenvalue weighted by molar-refractivity contribution is 6.31. The van der Waals surface area contributed by atoms with Crippen LogP contribution in [0.5, 0.6) is 0 Å². The van der Waals surface area contributed by atoms with E-state index < -0.39 is 0 Å². The van der Waals surface area contributed by atoms with E-state index in [0.717, 1.165) is 28.5 Å². The number of aryl methyl sites for hydroxylation is 3. The molecule has 108 valence electrons. The van der Waals surface area contributed by atoms with Gasteiger partial charge in [-0.1, -0.05) is 23.7 Å². The molecular weight excluding hydrogens is 270 g/mol. The molecule has 0 saturated heterocycles. The Morgan fingerprint density at radius 2 is 1.85 bits per heavy atom. The van der Waals surface area contributed by atoms with Crippen molar-refractivity contribution in [3.63, 3.8) is 0 Å². The van der Waals surface area contributed by atoms with E-state index in [4.69, 9.17) is 16.0 Å². The highest BCUT2D eigenvalue weighted by Gasteiger charge is 2.20. The Bertz CT molecular complexity index is 616. The minimum atomic E-state index is 0.215. The Labute approximate surface area is 126 Å². The first kappa shape index (κ1) is 15.1. The van der Waals surface area contributed by atoms with Crippen molar-refractivity contribution in [1.82, 2.24) is 5.32 Å². The molecule has 1 aromatic carbocycles. The molecule has 0 bridgehead atoms. The quantitative estimate of drug-likeness (QED) is 0.885. The minimum absolute atomic E-state index is 0.215. The normalized spacial score (nSPS) is 12.7. The molecule has 20 heavy (non-hydrogen) atoms. The molecule has 0 saturated carbocycles. The summed E-state index contributed by atoms with van der Waals surface area (Å²) in [4.78, 5) is 0. The summed E-state index contributed by atoms with van der Waals surface area (Å²) in [6.45, 7) is 8.20. The van der Waals surface area contributed by atoms with Crippen LogP contribution in [0.25, 0.3) is 0 Å². The smallest absolute Gasteiger partial charge is 0.106 e. The SMILES string of the molecule is CNC(Cc1ccc(C)cc1Cl)c1c(C)oc(C)c1C. The highest BCUT2D eigenvalue weighted by atomic mass is 35.5. The van der Waals surface area contributed by atoms with Crippen LogP contribution in [-0.4, -0.2) is 7.05 Å². The lowest BCUT2D eigenvalue weighted by Crippen LogP contribution is -2.20. The van der Waals surface area contributed by atoms with Gasteiger partial charge < -0.3 is 9.73 Å². The monoisotopic (exact) mass is 291 g/mol. The molecule has 2 rings (SSSR count). The summed E-state index contributed by atoms with van der Waals surface area (Å²) >= 11 is 6.35. The summed E-state index contributed by atoms with van der Waals surface area (Å²) in [7, 11) is 1.98. The zero-order valence-electron chi connectivity index (χ0n) is 12.8. The Morgan fingerprint density at radius 3 is 2.35 bits per heavy atom. The second-order valence-corrected chi connectivity index (χ2v) is 5.80. The van der Waals surface area contributed by atoms with Crippen molar-refractivity contribution < 1.29 is 4.42 Å². The van der Waals surface area contributed by atoms with Gasteiger partial charge in [0.2, 0.25) is 0 Å². The van der Waals surface area contributed by atoms with Gasteiger partial charge in [0, 0.05) is 16.6 Å². The largest absolute Gasteiger partial charge is 0.466 e. The Balaban J connectivity index is 2.33. The zero-order valence-corrected chi connectivity index (χ0v) is 13.6. The molecule has 0 spiro atoms. The molecule has 0 aliphatic heterocycles. The van der Waals surface area contributed by atoms with Gasteiger partial charge in [-0.25, -0.2) is 0 Å². The molecule has 1 atom stereocenters. The molecule has 1 unspecified atom stereocenters. The Morgan fingerprint density at radius 1 is 1.15 bits per heavy atom. The van der Waals surface area contributed by atoms with E-state index in [1.54, 1.807) is 0 Å². The van der Waals surface area contributed by atoms with Crippen molar-refractivity contribution in [3.8, 4) is 0 Å². The Hall–Kier alpha value is -1.25. The van der Waals surface area contributed by atoms with Gasteiger partial charge >= 0.3 is 0 Å². The number of hydrogen-bond acceptors (Lipinski definition) is 2. The summed E-state index contributed by atoms with van der Waals surface area (Å²) in [5, 5.41) is 4.22. The molecule has 0 aliphatic rings. The first-order chi connectivity index (χ1) is 9.43. The van der Waals surface area contributed by atoms with E-state index in [1.165, 1.54) is 16.7 Å². The molecule has 3 heteroatoms. The number of rotatable bonds is 4. The van der Waals surface area contributed by atoms with Gasteiger partial charge in [-0.3, -0.25) is 0 Å². The van der Waals surface area contributed by atoms with Crippen molar-refractivity contribution in [1.29, 1.82) is 0 Å². The second kappa shape index (κ2) is 6.02. The van der Waals surface area contributed by atoms with Crippen molar-refractivity contribution in [2.75, 3.05) is 7.05 Å². The van der Waals surface area contributed by atoms with Gasteiger partial charge in [0.15, 0.2) is 0 Å². The third-order valence-corrected chi connectivity index (χ3v) is 4.30. The average Bonchev–Trinajstić information content (AvgIpc) is 2.63. The second-order valence-electron chi connectivity index (χ2n) is 5.39. The highest BCUT2D eigenvalue weighted by Crippen LogP contribution is 2.31. The molecule has 0 fully saturated rings. The molecule has 0 radical (unpaired) electrons. The first-order valence-electron chi connectivity index (χ1n) is 6.92. The van der Waals surface area contributed by atoms with E-state index in [-0.39, 0.29) is 6.04 Å². The van der Waals surface area contributed by atoms with Crippen LogP contribution in [-0.2, 0) is 6.42 Å². The fourth-order valence-corrected chi connectivity index (χ4v) is 3.02. The lowest BCUT2D eigenvalue weighted by atomic mass is 9.95. The maximum Gasteiger partial charge on any atom is 0.106 e. The maximum absolute atomic E-state index is 6.35. The summed E-state index contributed by atoms with van der Waals surface area (Å²) in [6.07, 6.45) is 0.857. The zero-order chi connectivity index (χ0) is 14.9. The van der Waals surface area contributed by atoms with E-state index in [0.29, 0.717) is 0 Å². The van der Waals surface area contributed by atoms with Crippen molar-refractivity contribution in [2.45, 2.75) is 40.2 Å². The van der Waals surface area contributed by atoms with E-state index in [1.807, 2.05) is 27.0 Å². The van der Waals surface area contributed by atoms with Crippen LogP contribution in [0.3, 0.4) is 0 Å². The van der Waals surface area contributed by atoms with Crippen LogP contribution >= 0.6 is 11.6 Å². The van der Waals surface area contributed by atoms with Gasteiger partial charge in [-0.15, -0.1) is 0 Å². The molecule has 1 heterocycles. The van der Waals surface area contributed by atoms with E-state index in [9.17, 15) is 0 Å². The summed E-state index contributed by atoms with van der Waals surface area (Å²) in [6, 6.07) is 6.45. The third kappa shape index (κ3) is 2.92. The van der Waals surface area contributed by atoms with Crippen molar-refractivity contribution in [3.05, 3.63) is 57.0 Å². The predicted octanol–water partition coefficient (Wildman–Crippen LogP) is 4.67. The first-order valence-corrected chi connectivity index (χ1v) is 7.30.